The van der Waals surface area contributed by atoms with Crippen LogP contribution in [0.5, 0.6) is 0 Å². The predicted octanol–water partition coefficient (Wildman–Crippen LogP) is 6.73. The summed E-state index contributed by atoms with van der Waals surface area (Å²) in [4.78, 5) is 40.3. The number of allylic oxidation sites excluding steroid dienone is 4. The lowest BCUT2D eigenvalue weighted by Crippen LogP contribution is -2.70. The first-order chi connectivity index (χ1) is 18.2. The molecule has 5 nitrogen and oxygen atoms in total. The van der Waals surface area contributed by atoms with Crippen LogP contribution in [0.4, 0.5) is 8.78 Å². The first-order valence-corrected chi connectivity index (χ1v) is 14.8. The second-order valence-electron chi connectivity index (χ2n) is 15.8. The predicted molar refractivity (Wildman–Crippen MR) is 148 cm³/mol. The summed E-state index contributed by atoms with van der Waals surface area (Å²) in [5.41, 5.74) is -1.98. The van der Waals surface area contributed by atoms with Crippen LogP contribution < -0.4 is 5.32 Å². The van der Waals surface area contributed by atoms with E-state index in [1.54, 1.807) is 6.08 Å². The molecule has 0 aromatic carbocycles. The average molecular weight is 555 g/mol. The smallest absolute Gasteiger partial charge is 0.321 e. The van der Waals surface area contributed by atoms with Crippen LogP contribution in [0.2, 0.25) is 0 Å². The van der Waals surface area contributed by atoms with E-state index in [0.29, 0.717) is 32.6 Å². The van der Waals surface area contributed by atoms with Crippen LogP contribution in [0.15, 0.2) is 23.3 Å². The van der Waals surface area contributed by atoms with Gasteiger partial charge < -0.3 is 5.32 Å². The van der Waals surface area contributed by atoms with E-state index in [2.05, 4.69) is 46.0 Å². The van der Waals surface area contributed by atoms with Crippen molar-refractivity contribution in [3.05, 3.63) is 23.3 Å². The molecule has 0 bridgehead atoms. The number of hydrogen-bond donors (Lipinski definition) is 1. The molecule has 5 rings (SSSR count). The Balaban J connectivity index is 1.67. The molecule has 40 heavy (non-hydrogen) atoms. The number of alkyl halides is 2. The molecule has 0 spiro atoms. The number of nitrogens with one attached hydrogen (secondary N) is 1. The highest BCUT2D eigenvalue weighted by Gasteiger charge is 2.70. The number of nitriles is 1. The second-order valence-corrected chi connectivity index (χ2v) is 15.8. The van der Waals surface area contributed by atoms with Crippen LogP contribution in [0, 0.1) is 56.2 Å². The summed E-state index contributed by atoms with van der Waals surface area (Å²) in [5.74, 6) is -5.62. The Hall–Kier alpha value is -2.36. The maximum atomic E-state index is 14.4. The zero-order chi connectivity index (χ0) is 29.9. The number of fused-ring (bicyclic) bond motifs is 7. The van der Waals surface area contributed by atoms with Gasteiger partial charge in [-0.3, -0.25) is 14.4 Å². The number of carbonyl (C=O) groups is 3. The number of halogens is 2. The third-order valence-electron chi connectivity index (χ3n) is 12.6. The fourth-order valence-electron chi connectivity index (χ4n) is 10.2. The van der Waals surface area contributed by atoms with Crippen LogP contribution in [0.25, 0.3) is 0 Å². The van der Waals surface area contributed by atoms with Crippen molar-refractivity contribution in [2.45, 2.75) is 112 Å². The van der Waals surface area contributed by atoms with E-state index in [-0.39, 0.29) is 34.4 Å². The van der Waals surface area contributed by atoms with Gasteiger partial charge in [-0.15, -0.1) is 0 Å². The third-order valence-corrected chi connectivity index (χ3v) is 12.6. The molecule has 3 saturated carbocycles. The highest BCUT2D eigenvalue weighted by Crippen LogP contribution is 2.73. The number of nitrogens with zero attached hydrogens (tertiary/aromatic N) is 1. The number of ketones is 2. The van der Waals surface area contributed by atoms with Crippen LogP contribution in [0.1, 0.15) is 100 Å². The van der Waals surface area contributed by atoms with Crippen molar-refractivity contribution < 1.29 is 23.2 Å². The molecular formula is C33H44F2N2O3. The maximum absolute atomic E-state index is 14.4. The third kappa shape index (κ3) is 3.69. The number of rotatable bonds is 2. The quantitative estimate of drug-likeness (QED) is 0.410. The van der Waals surface area contributed by atoms with Gasteiger partial charge in [0.25, 0.3) is 5.91 Å². The topological polar surface area (TPSA) is 87.0 Å². The minimum atomic E-state index is -3.49. The zero-order valence-electron chi connectivity index (χ0n) is 25.3. The molecule has 0 unspecified atom stereocenters. The van der Waals surface area contributed by atoms with E-state index in [9.17, 15) is 28.4 Å². The van der Waals surface area contributed by atoms with Crippen molar-refractivity contribution in [3.63, 3.8) is 0 Å². The van der Waals surface area contributed by atoms with E-state index in [0.717, 1.165) is 24.8 Å². The van der Waals surface area contributed by atoms with Gasteiger partial charge >= 0.3 is 5.92 Å². The van der Waals surface area contributed by atoms with Gasteiger partial charge in [-0.05, 0) is 79.1 Å². The van der Waals surface area contributed by atoms with E-state index >= 15 is 0 Å². The highest BCUT2D eigenvalue weighted by molar-refractivity contribution is 6.04. The summed E-state index contributed by atoms with van der Waals surface area (Å²) in [5, 5.41) is 12.7. The van der Waals surface area contributed by atoms with E-state index in [4.69, 9.17) is 0 Å². The van der Waals surface area contributed by atoms with Crippen molar-refractivity contribution in [1.29, 1.82) is 5.26 Å². The van der Waals surface area contributed by atoms with Gasteiger partial charge in [0, 0.05) is 29.2 Å². The maximum Gasteiger partial charge on any atom is 0.321 e. The Bertz CT molecular complexity index is 1300. The Labute approximate surface area is 237 Å². The van der Waals surface area contributed by atoms with Crippen LogP contribution in [-0.4, -0.2) is 28.9 Å². The number of Topliss-reactive ketones (excluding diaryl/α,β-unsaturated/α-hetero) is 1. The Morgan fingerprint density at radius 1 is 1.02 bits per heavy atom. The molecule has 1 N–H and O–H groups in total. The summed E-state index contributed by atoms with van der Waals surface area (Å²) in [6.07, 6.45) is 8.42. The fraction of sp³-hybridized carbons (Fsp3) is 0.758. The number of carbonyl (C=O) groups excluding carboxylic acids is 3. The highest BCUT2D eigenvalue weighted by atomic mass is 19.3. The molecule has 0 aliphatic heterocycles. The molecule has 3 fully saturated rings. The van der Waals surface area contributed by atoms with Crippen molar-refractivity contribution >= 4 is 17.5 Å². The molecule has 5 aliphatic rings. The van der Waals surface area contributed by atoms with Gasteiger partial charge in [-0.25, -0.2) is 0 Å². The molecule has 0 heterocycles. The zero-order valence-corrected chi connectivity index (χ0v) is 25.3. The summed E-state index contributed by atoms with van der Waals surface area (Å²) >= 11 is 0. The van der Waals surface area contributed by atoms with Crippen molar-refractivity contribution in [2.75, 3.05) is 0 Å². The fourth-order valence-corrected chi connectivity index (χ4v) is 10.2. The lowest BCUT2D eigenvalue weighted by atomic mass is 9.35. The summed E-state index contributed by atoms with van der Waals surface area (Å²) in [6, 6.07) is 2.13. The van der Waals surface area contributed by atoms with E-state index in [1.165, 1.54) is 0 Å². The Morgan fingerprint density at radius 3 is 2.25 bits per heavy atom. The van der Waals surface area contributed by atoms with E-state index < -0.39 is 44.9 Å². The molecule has 0 aromatic rings. The molecule has 0 aromatic heterocycles. The standard InChI is InChI=1S/C33H44F2N2O3/c1-27(2)11-13-33(37-26(40)32(8,34)35)14-12-31(7)24(20(33)17-27)21(38)15-23-29(5)16-19(18-36)25(39)28(3,4)22(29)9-10-30(23,31)6/h15-16,20,22,24H,9-14,17H2,1-8H3,(H,37,40)/t20-,22+,24+,29+,30-,31-,33+/m1/s1. The molecule has 5 aliphatic carbocycles. The van der Waals surface area contributed by atoms with Gasteiger partial charge in [0.15, 0.2) is 11.6 Å². The second kappa shape index (κ2) is 8.35. The van der Waals surface area contributed by atoms with Crippen LogP contribution >= 0.6 is 0 Å². The SMILES string of the molecule is CC1(C)CC[C@]2(NC(=O)C(C)(F)F)CC[C@]3(C)[C@H](C(=O)C=C4[C@@]5(C)C=C(C#N)C(=O)C(C)(C)[C@@H]5CC[C@]43C)[C@H]2C1. The lowest BCUT2D eigenvalue weighted by Gasteiger charge is -2.69. The molecule has 7 heteroatoms. The van der Waals surface area contributed by atoms with Crippen molar-refractivity contribution in [3.8, 4) is 6.07 Å². The van der Waals surface area contributed by atoms with E-state index in [1.807, 2.05) is 19.9 Å². The average Bonchev–Trinajstić information content (AvgIpc) is 2.83. The molecular weight excluding hydrogens is 510 g/mol. The summed E-state index contributed by atoms with van der Waals surface area (Å²) in [7, 11) is 0. The molecule has 0 saturated heterocycles. The van der Waals surface area contributed by atoms with Gasteiger partial charge in [0.05, 0.1) is 5.57 Å². The Morgan fingerprint density at radius 2 is 1.65 bits per heavy atom. The molecule has 0 radical (unpaired) electrons. The van der Waals surface area contributed by atoms with Gasteiger partial charge in [-0.1, -0.05) is 60.1 Å². The van der Waals surface area contributed by atoms with Gasteiger partial charge in [0.2, 0.25) is 0 Å². The van der Waals surface area contributed by atoms with Crippen molar-refractivity contribution in [1.82, 2.24) is 5.32 Å². The minimum Gasteiger partial charge on any atom is -0.345 e. The normalized spacial score (nSPS) is 43.6. The van der Waals surface area contributed by atoms with Crippen molar-refractivity contribution in [2.24, 2.45) is 44.8 Å². The first kappa shape index (κ1) is 29.1. The van der Waals surface area contributed by atoms with Gasteiger partial charge in [-0.2, -0.15) is 14.0 Å². The summed E-state index contributed by atoms with van der Waals surface area (Å²) in [6.45, 7) is 15.3. The minimum absolute atomic E-state index is 0.0113. The first-order valence-electron chi connectivity index (χ1n) is 14.8. The number of hydrogen-bond acceptors (Lipinski definition) is 4. The number of amides is 1. The molecule has 7 atom stereocenters. The monoisotopic (exact) mass is 554 g/mol. The summed E-state index contributed by atoms with van der Waals surface area (Å²) < 4.78 is 28.3. The molecule has 1 amide bonds. The molecule has 218 valence electrons. The van der Waals surface area contributed by atoms with Crippen LogP contribution in [0.3, 0.4) is 0 Å². The lowest BCUT2D eigenvalue weighted by molar-refractivity contribution is -0.168. The van der Waals surface area contributed by atoms with Crippen LogP contribution in [-0.2, 0) is 14.4 Å². The Kier molecular flexibility index (Phi) is 6.09. The van der Waals surface area contributed by atoms with Gasteiger partial charge in [0.1, 0.15) is 6.07 Å². The largest absolute Gasteiger partial charge is 0.345 e.